The number of nitrogens with two attached hydrogens (primary N) is 1. The first-order chi connectivity index (χ1) is 4.31. The van der Waals surface area contributed by atoms with Gasteiger partial charge in [0.15, 0.2) is 5.17 Å². The van der Waals surface area contributed by atoms with E-state index in [0.29, 0.717) is 17.5 Å². The maximum Gasteiger partial charge on any atom is 0.153 e. The Morgan fingerprint density at radius 3 is 2.89 bits per heavy atom. The number of halogens is 1. The molecule has 0 amide bonds. The minimum atomic E-state index is -0.343. The first kappa shape index (κ1) is 8.75. The highest BCUT2D eigenvalue weighted by Crippen LogP contribution is 1.98. The van der Waals surface area contributed by atoms with Crippen LogP contribution >= 0.6 is 11.8 Å². The second-order valence-corrected chi connectivity index (χ2v) is 2.47. The Kier molecular flexibility index (Phi) is 5.72. The summed E-state index contributed by atoms with van der Waals surface area (Å²) < 4.78 is 11.5. The third-order valence-corrected chi connectivity index (χ3v) is 1.42. The van der Waals surface area contributed by atoms with E-state index in [4.69, 9.17) is 5.73 Å². The Morgan fingerprint density at radius 1 is 1.78 bits per heavy atom. The number of nitrogens with zero attached hydrogens (tertiary/aromatic N) is 1. The van der Waals surface area contributed by atoms with E-state index in [1.807, 2.05) is 6.92 Å². The number of thioether (sulfide) groups is 1. The molecule has 0 atom stereocenters. The highest BCUT2D eigenvalue weighted by Gasteiger charge is 1.89. The zero-order valence-electron chi connectivity index (χ0n) is 5.43. The van der Waals surface area contributed by atoms with Crippen molar-refractivity contribution < 1.29 is 4.39 Å². The monoisotopic (exact) mass is 150 g/mol. The lowest BCUT2D eigenvalue weighted by atomic mass is 10.8. The summed E-state index contributed by atoms with van der Waals surface area (Å²) in [5, 5.41) is 0.482. The predicted molar refractivity (Wildman–Crippen MR) is 40.6 cm³/mol. The van der Waals surface area contributed by atoms with Crippen molar-refractivity contribution in [2.24, 2.45) is 10.7 Å². The molecule has 0 saturated heterocycles. The number of rotatable bonds is 3. The van der Waals surface area contributed by atoms with Crippen molar-refractivity contribution in [1.82, 2.24) is 0 Å². The van der Waals surface area contributed by atoms with Crippen molar-refractivity contribution in [3.63, 3.8) is 0 Å². The van der Waals surface area contributed by atoms with Crippen molar-refractivity contribution in [2.75, 3.05) is 19.0 Å². The summed E-state index contributed by atoms with van der Waals surface area (Å²) in [5.74, 6) is 0.412. The highest BCUT2D eigenvalue weighted by molar-refractivity contribution is 8.13. The molecular formula is C5H11FN2S. The number of alkyl halides is 1. The predicted octanol–water partition coefficient (Wildman–Crippen LogP) is 1.02. The Labute approximate surface area is 58.7 Å². The zero-order valence-corrected chi connectivity index (χ0v) is 6.25. The van der Waals surface area contributed by atoms with Gasteiger partial charge in [-0.25, -0.2) is 0 Å². The second kappa shape index (κ2) is 5.88. The molecule has 0 aromatic heterocycles. The summed E-state index contributed by atoms with van der Waals surface area (Å²) in [5.41, 5.74) is 5.32. The Morgan fingerprint density at radius 2 is 2.44 bits per heavy atom. The molecule has 0 aromatic rings. The van der Waals surface area contributed by atoms with Crippen LogP contribution < -0.4 is 5.73 Å². The van der Waals surface area contributed by atoms with Gasteiger partial charge in [-0.15, -0.1) is 0 Å². The third kappa shape index (κ3) is 5.62. The number of aliphatic imine (C=N–C) groups is 1. The van der Waals surface area contributed by atoms with Gasteiger partial charge in [0.25, 0.3) is 0 Å². The molecule has 2 N–H and O–H groups in total. The average molecular weight is 150 g/mol. The Hall–Kier alpha value is -0.250. The fraction of sp³-hybridized carbons (Fsp3) is 0.800. The molecule has 0 aliphatic rings. The van der Waals surface area contributed by atoms with Crippen LogP contribution in [0.1, 0.15) is 6.92 Å². The van der Waals surface area contributed by atoms with Gasteiger partial charge >= 0.3 is 0 Å². The minimum Gasteiger partial charge on any atom is -0.379 e. The lowest BCUT2D eigenvalue weighted by Gasteiger charge is -1.94. The van der Waals surface area contributed by atoms with Crippen LogP contribution in [0.25, 0.3) is 0 Å². The Bertz CT molecular complexity index is 95.0. The number of hydrogen-bond acceptors (Lipinski definition) is 2. The van der Waals surface area contributed by atoms with Crippen LogP contribution in [0.2, 0.25) is 0 Å². The molecule has 0 aromatic carbocycles. The van der Waals surface area contributed by atoms with Gasteiger partial charge in [-0.2, -0.15) is 0 Å². The van der Waals surface area contributed by atoms with Gasteiger partial charge < -0.3 is 5.73 Å². The molecule has 0 rings (SSSR count). The van der Waals surface area contributed by atoms with Crippen LogP contribution in [0.5, 0.6) is 0 Å². The maximum absolute atomic E-state index is 11.5. The largest absolute Gasteiger partial charge is 0.379 e. The molecule has 0 aliphatic carbocycles. The van der Waals surface area contributed by atoms with E-state index < -0.39 is 0 Å². The summed E-state index contributed by atoms with van der Waals surface area (Å²) in [6.45, 7) is 2.22. The number of hydrogen-bond donors (Lipinski definition) is 1. The lowest BCUT2D eigenvalue weighted by Crippen LogP contribution is -2.08. The summed E-state index contributed by atoms with van der Waals surface area (Å²) in [6.07, 6.45) is 0. The van der Waals surface area contributed by atoms with Crippen molar-refractivity contribution >= 4 is 16.9 Å². The van der Waals surface area contributed by atoms with Gasteiger partial charge in [-0.05, 0) is 6.92 Å². The van der Waals surface area contributed by atoms with Gasteiger partial charge in [-0.1, -0.05) is 11.8 Å². The van der Waals surface area contributed by atoms with Crippen molar-refractivity contribution in [3.05, 3.63) is 0 Å². The normalized spacial score (nSPS) is 12.0. The van der Waals surface area contributed by atoms with E-state index in [2.05, 4.69) is 4.99 Å². The van der Waals surface area contributed by atoms with Crippen molar-refractivity contribution in [2.45, 2.75) is 6.92 Å². The molecule has 0 spiro atoms. The molecule has 0 bridgehead atoms. The summed E-state index contributed by atoms with van der Waals surface area (Å²) in [7, 11) is 0. The van der Waals surface area contributed by atoms with E-state index in [-0.39, 0.29) is 6.67 Å². The Balaban J connectivity index is 3.25. The quantitative estimate of drug-likeness (QED) is 0.482. The molecule has 54 valence electrons. The fourth-order valence-corrected chi connectivity index (χ4v) is 0.851. The molecule has 0 radical (unpaired) electrons. The lowest BCUT2D eigenvalue weighted by molar-refractivity contribution is 0.533. The van der Waals surface area contributed by atoms with Gasteiger partial charge in [-0.3, -0.25) is 9.38 Å². The second-order valence-electron chi connectivity index (χ2n) is 1.35. The van der Waals surface area contributed by atoms with Gasteiger partial charge in [0.1, 0.15) is 0 Å². The summed E-state index contributed by atoms with van der Waals surface area (Å²) in [6, 6.07) is 0. The topological polar surface area (TPSA) is 38.4 Å². The van der Waals surface area contributed by atoms with Crippen LogP contribution in [0, 0.1) is 0 Å². The van der Waals surface area contributed by atoms with Gasteiger partial charge in [0, 0.05) is 12.3 Å². The van der Waals surface area contributed by atoms with E-state index in [1.165, 1.54) is 11.8 Å². The van der Waals surface area contributed by atoms with Crippen LogP contribution in [-0.2, 0) is 0 Å². The molecule has 0 unspecified atom stereocenters. The van der Waals surface area contributed by atoms with Crippen LogP contribution in [0.15, 0.2) is 4.99 Å². The summed E-state index contributed by atoms with van der Waals surface area (Å²) >= 11 is 1.25. The smallest absolute Gasteiger partial charge is 0.153 e. The van der Waals surface area contributed by atoms with Crippen molar-refractivity contribution in [3.8, 4) is 0 Å². The van der Waals surface area contributed by atoms with Gasteiger partial charge in [0.05, 0.1) is 6.67 Å². The van der Waals surface area contributed by atoms with E-state index in [1.54, 1.807) is 0 Å². The molecule has 0 saturated carbocycles. The first-order valence-electron chi connectivity index (χ1n) is 2.80. The van der Waals surface area contributed by atoms with Crippen LogP contribution in [0.3, 0.4) is 0 Å². The highest BCUT2D eigenvalue weighted by atomic mass is 32.2. The molecule has 9 heavy (non-hydrogen) atoms. The first-order valence-corrected chi connectivity index (χ1v) is 3.78. The summed E-state index contributed by atoms with van der Waals surface area (Å²) in [4.78, 5) is 3.85. The number of amidine groups is 1. The molecule has 4 heteroatoms. The third-order valence-electron chi connectivity index (χ3n) is 0.641. The SMILES string of the molecule is CCN=C(N)SCCF. The van der Waals surface area contributed by atoms with Gasteiger partial charge in [0.2, 0.25) is 0 Å². The average Bonchev–Trinajstić information content (AvgIpc) is 1.85. The van der Waals surface area contributed by atoms with E-state index in [9.17, 15) is 4.39 Å². The van der Waals surface area contributed by atoms with E-state index >= 15 is 0 Å². The molecule has 0 fully saturated rings. The maximum atomic E-state index is 11.5. The molecule has 0 heterocycles. The zero-order chi connectivity index (χ0) is 7.11. The van der Waals surface area contributed by atoms with E-state index in [0.717, 1.165) is 0 Å². The standard InChI is InChI=1S/C5H11FN2S/c1-2-8-5(7)9-4-3-6/h2-4H2,1H3,(H2,7,8). The van der Waals surface area contributed by atoms with Crippen LogP contribution in [-0.4, -0.2) is 24.1 Å². The van der Waals surface area contributed by atoms with Crippen LogP contribution in [0.4, 0.5) is 4.39 Å². The fourth-order valence-electron chi connectivity index (χ4n) is 0.345. The van der Waals surface area contributed by atoms with Crippen molar-refractivity contribution in [1.29, 1.82) is 0 Å². The minimum absolute atomic E-state index is 0.343. The molecular weight excluding hydrogens is 139 g/mol. The molecule has 0 aliphatic heterocycles. The molecule has 2 nitrogen and oxygen atoms in total.